The van der Waals surface area contributed by atoms with E-state index in [-0.39, 0.29) is 10.0 Å². The van der Waals surface area contributed by atoms with Crippen LogP contribution in [0.2, 0.25) is 5.15 Å². The Bertz CT molecular complexity index is 732. The molecule has 0 saturated heterocycles. The second-order valence-corrected chi connectivity index (χ2v) is 8.52. The highest BCUT2D eigenvalue weighted by atomic mass is 35.5. The molecule has 11 heteroatoms. The molecule has 0 aliphatic heterocycles. The molecule has 0 spiro atoms. The van der Waals surface area contributed by atoms with Gasteiger partial charge in [0.1, 0.15) is 25.9 Å². The van der Waals surface area contributed by atoms with Crippen LogP contribution in [-0.2, 0) is 24.7 Å². The molecule has 8 nitrogen and oxygen atoms in total. The van der Waals surface area contributed by atoms with Crippen molar-refractivity contribution >= 4 is 37.4 Å². The van der Waals surface area contributed by atoms with Gasteiger partial charge in [-0.05, 0) is 18.6 Å². The van der Waals surface area contributed by atoms with Crippen LogP contribution in [0, 0.1) is 0 Å². The molecule has 0 aromatic carbocycles. The van der Waals surface area contributed by atoms with Crippen molar-refractivity contribution in [3.63, 3.8) is 0 Å². The van der Waals surface area contributed by atoms with E-state index < -0.39 is 44.0 Å². The van der Waals surface area contributed by atoms with E-state index in [1.165, 1.54) is 12.3 Å². The maximum absolute atomic E-state index is 12.0. The number of nitrogens with one attached hydrogen (secondary N) is 1. The van der Waals surface area contributed by atoms with Crippen LogP contribution < -0.4 is 4.72 Å². The maximum Gasteiger partial charge on any atom is 0.321 e. The van der Waals surface area contributed by atoms with Crippen molar-refractivity contribution in [3.05, 3.63) is 23.5 Å². The molecule has 2 N–H and O–H groups in total. The van der Waals surface area contributed by atoms with Crippen LogP contribution in [0.25, 0.3) is 0 Å². The lowest BCUT2D eigenvalue weighted by Gasteiger charge is -2.14. The van der Waals surface area contributed by atoms with Gasteiger partial charge < -0.3 is 5.11 Å². The van der Waals surface area contributed by atoms with Gasteiger partial charge in [-0.15, -0.1) is 0 Å². The summed E-state index contributed by atoms with van der Waals surface area (Å²) in [5, 5.41) is 8.67. The summed E-state index contributed by atoms with van der Waals surface area (Å²) in [4.78, 5) is 14.2. The van der Waals surface area contributed by atoms with Crippen molar-refractivity contribution in [2.45, 2.75) is 17.4 Å². The maximum atomic E-state index is 12.0. The van der Waals surface area contributed by atoms with E-state index in [1.54, 1.807) is 0 Å². The number of carboxylic acids is 1. The SMILES string of the molecule is CS(=O)(=O)CCC(NS(=O)(=O)c1cccnc1Cl)C(=O)O. The van der Waals surface area contributed by atoms with Gasteiger partial charge in [0.25, 0.3) is 0 Å². The molecule has 21 heavy (non-hydrogen) atoms. The van der Waals surface area contributed by atoms with Crippen molar-refractivity contribution in [2.75, 3.05) is 12.0 Å². The van der Waals surface area contributed by atoms with Crippen molar-refractivity contribution in [3.8, 4) is 0 Å². The Balaban J connectivity index is 2.98. The highest BCUT2D eigenvalue weighted by molar-refractivity contribution is 7.90. The van der Waals surface area contributed by atoms with Crippen LogP contribution in [0.15, 0.2) is 23.2 Å². The molecule has 0 saturated carbocycles. The summed E-state index contributed by atoms with van der Waals surface area (Å²) < 4.78 is 48.1. The smallest absolute Gasteiger partial charge is 0.321 e. The Morgan fingerprint density at radius 1 is 1.43 bits per heavy atom. The number of hydrogen-bond acceptors (Lipinski definition) is 6. The van der Waals surface area contributed by atoms with E-state index in [9.17, 15) is 21.6 Å². The summed E-state index contributed by atoms with van der Waals surface area (Å²) >= 11 is 5.65. The zero-order valence-corrected chi connectivity index (χ0v) is 13.2. The lowest BCUT2D eigenvalue weighted by atomic mass is 10.2. The molecule has 0 radical (unpaired) electrons. The van der Waals surface area contributed by atoms with Crippen molar-refractivity contribution in [2.24, 2.45) is 0 Å². The fraction of sp³-hybridized carbons (Fsp3) is 0.400. The van der Waals surface area contributed by atoms with Gasteiger partial charge in [-0.2, -0.15) is 4.72 Å². The lowest BCUT2D eigenvalue weighted by molar-refractivity contribution is -0.139. The molecule has 0 aliphatic carbocycles. The minimum absolute atomic E-state index is 0.308. The first kappa shape index (κ1) is 17.8. The summed E-state index contributed by atoms with van der Waals surface area (Å²) in [5.74, 6) is -1.95. The fourth-order valence-electron chi connectivity index (χ4n) is 1.39. The van der Waals surface area contributed by atoms with Gasteiger partial charge in [0, 0.05) is 12.5 Å². The third-order valence-electron chi connectivity index (χ3n) is 2.39. The Hall–Kier alpha value is -1.23. The molecule has 0 amide bonds. The first-order chi connectivity index (χ1) is 9.53. The molecule has 1 rings (SSSR count). The van der Waals surface area contributed by atoms with Gasteiger partial charge in [-0.25, -0.2) is 21.8 Å². The largest absolute Gasteiger partial charge is 0.480 e. The predicted molar refractivity (Wildman–Crippen MR) is 75.3 cm³/mol. The zero-order valence-electron chi connectivity index (χ0n) is 10.9. The average molecular weight is 357 g/mol. The Labute approximate surface area is 127 Å². The van der Waals surface area contributed by atoms with Gasteiger partial charge in [0.05, 0.1) is 5.75 Å². The topological polar surface area (TPSA) is 130 Å². The molecule has 118 valence electrons. The standard InChI is InChI=1S/C10H13ClN2O6S2/c1-20(16,17)6-4-7(10(14)15)13-21(18,19)8-3-2-5-12-9(8)11/h2-3,5,7,13H,4,6H2,1H3,(H,14,15). The van der Waals surface area contributed by atoms with Crippen LogP contribution >= 0.6 is 11.6 Å². The summed E-state index contributed by atoms with van der Waals surface area (Å²) in [6.45, 7) is 0. The van der Waals surface area contributed by atoms with Crippen molar-refractivity contribution in [1.82, 2.24) is 9.71 Å². The van der Waals surface area contributed by atoms with E-state index in [2.05, 4.69) is 4.98 Å². The van der Waals surface area contributed by atoms with Gasteiger partial charge in [-0.3, -0.25) is 4.79 Å². The molecule has 1 atom stereocenters. The fourth-order valence-corrected chi connectivity index (χ4v) is 3.73. The van der Waals surface area contributed by atoms with Crippen LogP contribution in [0.3, 0.4) is 0 Å². The third kappa shape index (κ3) is 5.58. The first-order valence-electron chi connectivity index (χ1n) is 5.56. The monoisotopic (exact) mass is 356 g/mol. The number of hydrogen-bond donors (Lipinski definition) is 2. The molecule has 0 aliphatic rings. The average Bonchev–Trinajstić information content (AvgIpc) is 2.33. The summed E-state index contributed by atoms with van der Waals surface area (Å²) in [6, 6.07) is 0.904. The molecule has 0 bridgehead atoms. The normalized spacial score (nSPS) is 13.8. The second kappa shape index (κ2) is 6.69. The molecule has 1 aromatic rings. The van der Waals surface area contributed by atoms with E-state index in [1.807, 2.05) is 4.72 Å². The van der Waals surface area contributed by atoms with E-state index in [0.717, 1.165) is 12.3 Å². The summed E-state index contributed by atoms with van der Waals surface area (Å²) in [5.41, 5.74) is 0. The molecular formula is C10H13ClN2O6S2. The number of sulfone groups is 1. The number of carbonyl (C=O) groups is 1. The van der Waals surface area contributed by atoms with Crippen LogP contribution in [0.1, 0.15) is 6.42 Å². The van der Waals surface area contributed by atoms with Gasteiger partial charge in [-0.1, -0.05) is 11.6 Å². The highest BCUT2D eigenvalue weighted by Gasteiger charge is 2.27. The number of nitrogens with zero attached hydrogens (tertiary/aromatic N) is 1. The zero-order chi connectivity index (χ0) is 16.3. The van der Waals surface area contributed by atoms with Crippen molar-refractivity contribution in [1.29, 1.82) is 0 Å². The van der Waals surface area contributed by atoms with Crippen LogP contribution in [0.5, 0.6) is 0 Å². The van der Waals surface area contributed by atoms with E-state index >= 15 is 0 Å². The number of halogens is 1. The van der Waals surface area contributed by atoms with E-state index in [4.69, 9.17) is 16.7 Å². The number of pyridine rings is 1. The number of aliphatic carboxylic acids is 1. The third-order valence-corrected chi connectivity index (χ3v) is 5.28. The van der Waals surface area contributed by atoms with Crippen LogP contribution in [-0.4, -0.2) is 50.9 Å². The molecule has 1 heterocycles. The summed E-state index contributed by atoms with van der Waals surface area (Å²) in [6.07, 6.45) is 1.81. The lowest BCUT2D eigenvalue weighted by Crippen LogP contribution is -2.41. The molecule has 1 aromatic heterocycles. The quantitative estimate of drug-likeness (QED) is 0.652. The molecule has 0 fully saturated rings. The van der Waals surface area contributed by atoms with Crippen LogP contribution in [0.4, 0.5) is 0 Å². The number of rotatable bonds is 7. The molecule has 1 unspecified atom stereocenters. The van der Waals surface area contributed by atoms with Crippen molar-refractivity contribution < 1.29 is 26.7 Å². The van der Waals surface area contributed by atoms with Gasteiger partial charge in [0.2, 0.25) is 10.0 Å². The minimum Gasteiger partial charge on any atom is -0.480 e. The Kier molecular flexibility index (Phi) is 5.68. The van der Waals surface area contributed by atoms with E-state index in [0.29, 0.717) is 0 Å². The molecular weight excluding hydrogens is 344 g/mol. The predicted octanol–water partition coefficient (Wildman–Crippen LogP) is -0.0988. The first-order valence-corrected chi connectivity index (χ1v) is 9.48. The minimum atomic E-state index is -4.22. The number of sulfonamides is 1. The second-order valence-electron chi connectivity index (χ2n) is 4.22. The Morgan fingerprint density at radius 3 is 2.52 bits per heavy atom. The van der Waals surface area contributed by atoms with Gasteiger partial charge >= 0.3 is 5.97 Å². The highest BCUT2D eigenvalue weighted by Crippen LogP contribution is 2.18. The van der Waals surface area contributed by atoms with Gasteiger partial charge in [0.15, 0.2) is 0 Å². The number of aromatic nitrogens is 1. The summed E-state index contributed by atoms with van der Waals surface area (Å²) in [7, 11) is -7.64. The Morgan fingerprint density at radius 2 is 2.05 bits per heavy atom. The number of carboxylic acid groups (broad SMARTS) is 1.